The Morgan fingerprint density at radius 1 is 1.32 bits per heavy atom. The smallest absolute Gasteiger partial charge is 0.269 e. The lowest BCUT2D eigenvalue weighted by Gasteiger charge is -2.29. The first-order valence-corrected chi connectivity index (χ1v) is 11.9. The number of rotatable bonds is 7. The summed E-state index contributed by atoms with van der Waals surface area (Å²) in [5, 5.41) is 13.3. The number of fused-ring (bicyclic) bond motifs is 3. The van der Waals surface area contributed by atoms with Gasteiger partial charge in [-0.2, -0.15) is 0 Å². The van der Waals surface area contributed by atoms with Gasteiger partial charge in [0.2, 0.25) is 5.96 Å². The molecular formula is C22H26N6O5S. The number of ether oxygens (including phenoxy) is 3. The maximum Gasteiger partial charge on any atom is 0.269 e. The molecular weight excluding hydrogens is 460 g/mol. The molecule has 2 N–H and O–H groups in total. The summed E-state index contributed by atoms with van der Waals surface area (Å²) in [7, 11) is 1.54. The van der Waals surface area contributed by atoms with E-state index in [0.717, 1.165) is 24.5 Å². The number of hydrogen-bond acceptors (Lipinski definition) is 11. The van der Waals surface area contributed by atoms with Crippen LogP contribution in [0.5, 0.6) is 11.5 Å². The summed E-state index contributed by atoms with van der Waals surface area (Å²) in [6, 6.07) is 3.68. The van der Waals surface area contributed by atoms with Crippen molar-refractivity contribution in [2.24, 2.45) is 9.98 Å². The number of amides is 1. The van der Waals surface area contributed by atoms with Crippen molar-refractivity contribution in [2.75, 3.05) is 59.7 Å². The van der Waals surface area contributed by atoms with Gasteiger partial charge in [-0.25, -0.2) is 4.99 Å². The van der Waals surface area contributed by atoms with Crippen LogP contribution in [0.15, 0.2) is 33.8 Å². The van der Waals surface area contributed by atoms with Crippen LogP contribution in [0, 0.1) is 0 Å². The number of methoxy groups -OCH3 is 1. The first-order chi connectivity index (χ1) is 16.6. The number of hydrogen-bond donors (Lipinski definition) is 2. The highest BCUT2D eigenvalue weighted by atomic mass is 32.1. The molecule has 1 aromatic carbocycles. The summed E-state index contributed by atoms with van der Waals surface area (Å²) < 4.78 is 17.0. The van der Waals surface area contributed by atoms with Crippen molar-refractivity contribution >= 4 is 34.7 Å². The molecule has 0 spiro atoms. The normalized spacial score (nSPS) is 18.5. The number of amidine groups is 1. The summed E-state index contributed by atoms with van der Waals surface area (Å²) in [6.45, 7) is 4.76. The number of benzene rings is 1. The van der Waals surface area contributed by atoms with E-state index in [0.29, 0.717) is 60.9 Å². The second kappa shape index (κ2) is 10.1. The fraction of sp³-hybridized carbons (Fsp3) is 0.455. The molecule has 4 heterocycles. The maximum atomic E-state index is 12.7. The minimum atomic E-state index is -0.661. The van der Waals surface area contributed by atoms with Crippen molar-refractivity contribution in [1.29, 1.82) is 0 Å². The number of aliphatic imine (C=N–C) groups is 2. The molecule has 0 saturated carbocycles. The highest BCUT2D eigenvalue weighted by Gasteiger charge is 2.33. The summed E-state index contributed by atoms with van der Waals surface area (Å²) in [5.74, 6) is 1.71. The molecule has 34 heavy (non-hydrogen) atoms. The minimum absolute atomic E-state index is 0.109. The van der Waals surface area contributed by atoms with Crippen LogP contribution in [-0.4, -0.2) is 103 Å². The molecule has 3 aliphatic rings. The third kappa shape index (κ3) is 4.62. The number of nitrogens with zero attached hydrogens (tertiary/aromatic N) is 5. The van der Waals surface area contributed by atoms with Gasteiger partial charge in [-0.15, -0.1) is 11.3 Å². The van der Waals surface area contributed by atoms with Gasteiger partial charge in [0.25, 0.3) is 5.91 Å². The van der Waals surface area contributed by atoms with E-state index in [9.17, 15) is 9.90 Å². The van der Waals surface area contributed by atoms with Crippen LogP contribution in [0.2, 0.25) is 0 Å². The molecule has 3 aliphatic heterocycles. The van der Waals surface area contributed by atoms with Crippen molar-refractivity contribution < 1.29 is 24.1 Å². The molecule has 0 aliphatic carbocycles. The predicted octanol–water partition coefficient (Wildman–Crippen LogP) is 0.717. The van der Waals surface area contributed by atoms with Crippen molar-refractivity contribution in [3.8, 4) is 11.5 Å². The second-order valence-electron chi connectivity index (χ2n) is 7.98. The first kappa shape index (κ1) is 22.7. The highest BCUT2D eigenvalue weighted by Crippen LogP contribution is 2.43. The van der Waals surface area contributed by atoms with E-state index in [4.69, 9.17) is 19.2 Å². The molecule has 12 heteroatoms. The average Bonchev–Trinajstić information content (AvgIpc) is 3.56. The van der Waals surface area contributed by atoms with Crippen molar-refractivity contribution in [2.45, 2.75) is 6.10 Å². The van der Waals surface area contributed by atoms with Gasteiger partial charge >= 0.3 is 0 Å². The number of aromatic nitrogens is 1. The van der Waals surface area contributed by atoms with E-state index in [2.05, 4.69) is 20.2 Å². The number of carbonyl (C=O) groups is 1. The molecule has 1 atom stereocenters. The number of guanidine groups is 1. The van der Waals surface area contributed by atoms with Crippen LogP contribution in [0.1, 0.15) is 15.2 Å². The topological polar surface area (TPSA) is 121 Å². The Bertz CT molecular complexity index is 1100. The van der Waals surface area contributed by atoms with Crippen LogP contribution in [0.3, 0.4) is 0 Å². The SMILES string of the molecule is COc1c(OC[C@@H](O)CN2CCOCC2)ccc2c1N=C(NC(=O)c1cncs1)N1CCN=C21. The van der Waals surface area contributed by atoms with E-state index in [-0.39, 0.29) is 12.5 Å². The number of β-amino-alcohol motifs (C(OH)–C–C–N with tert-alkyl or cyclic N) is 1. The van der Waals surface area contributed by atoms with Crippen LogP contribution >= 0.6 is 11.3 Å². The largest absolute Gasteiger partial charge is 0.491 e. The zero-order valence-electron chi connectivity index (χ0n) is 18.8. The molecule has 1 amide bonds. The third-order valence-electron chi connectivity index (χ3n) is 5.74. The van der Waals surface area contributed by atoms with Gasteiger partial charge in [-0.3, -0.25) is 29.9 Å². The summed E-state index contributed by atoms with van der Waals surface area (Å²) in [6.07, 6.45) is 0.858. The van der Waals surface area contributed by atoms with Crippen LogP contribution in [0.25, 0.3) is 0 Å². The number of nitrogens with one attached hydrogen (secondary N) is 1. The zero-order chi connectivity index (χ0) is 23.5. The number of morpholine rings is 1. The lowest BCUT2D eigenvalue weighted by atomic mass is 10.1. The third-order valence-corrected chi connectivity index (χ3v) is 6.51. The second-order valence-corrected chi connectivity index (χ2v) is 8.87. The number of carbonyl (C=O) groups excluding carboxylic acids is 1. The average molecular weight is 487 g/mol. The highest BCUT2D eigenvalue weighted by molar-refractivity contribution is 7.11. The Morgan fingerprint density at radius 3 is 2.94 bits per heavy atom. The quantitative estimate of drug-likeness (QED) is 0.587. The van der Waals surface area contributed by atoms with Gasteiger partial charge < -0.3 is 19.3 Å². The molecule has 0 unspecified atom stereocenters. The minimum Gasteiger partial charge on any atom is -0.491 e. The number of aliphatic hydroxyl groups is 1. The standard InChI is InChI=1S/C22H26N6O5S/c1-31-19-16(33-12-14(29)11-27-6-8-32-9-7-27)3-2-15-18(19)25-22(28-5-4-24-20(15)28)26-21(30)17-10-23-13-34-17/h2-3,10,13-14,29H,4-9,11-12H2,1H3,(H,25,26,30)/t14-/m0/s1. The fourth-order valence-corrected chi connectivity index (χ4v) is 4.63. The number of thiazole rings is 1. The molecule has 1 fully saturated rings. The molecule has 2 aromatic rings. The number of aliphatic hydroxyl groups excluding tert-OH is 1. The zero-order valence-corrected chi connectivity index (χ0v) is 19.6. The molecule has 180 valence electrons. The Labute approximate surface area is 200 Å². The van der Waals surface area contributed by atoms with E-state index in [1.165, 1.54) is 17.5 Å². The van der Waals surface area contributed by atoms with Gasteiger partial charge in [-0.1, -0.05) is 0 Å². The molecule has 11 nitrogen and oxygen atoms in total. The molecule has 1 aromatic heterocycles. The molecule has 0 bridgehead atoms. The lowest BCUT2D eigenvalue weighted by Crippen LogP contribution is -2.47. The van der Waals surface area contributed by atoms with Crippen molar-refractivity contribution in [3.63, 3.8) is 0 Å². The molecule has 5 rings (SSSR count). The van der Waals surface area contributed by atoms with Crippen LogP contribution in [-0.2, 0) is 4.74 Å². The van der Waals surface area contributed by atoms with E-state index in [1.54, 1.807) is 18.7 Å². The Hall–Kier alpha value is -3.06. The first-order valence-electron chi connectivity index (χ1n) is 11.1. The Kier molecular flexibility index (Phi) is 6.72. The van der Waals surface area contributed by atoms with Gasteiger partial charge in [-0.05, 0) is 12.1 Å². The van der Waals surface area contributed by atoms with E-state index < -0.39 is 6.10 Å². The lowest BCUT2D eigenvalue weighted by molar-refractivity contribution is 0.00446. The van der Waals surface area contributed by atoms with Gasteiger partial charge in [0.1, 0.15) is 29.1 Å². The van der Waals surface area contributed by atoms with Crippen molar-refractivity contribution in [3.05, 3.63) is 34.3 Å². The van der Waals surface area contributed by atoms with Crippen LogP contribution in [0.4, 0.5) is 5.69 Å². The maximum absolute atomic E-state index is 12.7. The van der Waals surface area contributed by atoms with Gasteiger partial charge in [0.15, 0.2) is 11.5 Å². The van der Waals surface area contributed by atoms with Gasteiger partial charge in [0.05, 0.1) is 38.6 Å². The van der Waals surface area contributed by atoms with E-state index in [1.807, 2.05) is 11.0 Å². The molecule has 0 radical (unpaired) electrons. The van der Waals surface area contributed by atoms with Crippen molar-refractivity contribution in [1.82, 2.24) is 20.1 Å². The summed E-state index contributed by atoms with van der Waals surface area (Å²) in [5.41, 5.74) is 2.93. The van der Waals surface area contributed by atoms with Crippen LogP contribution < -0.4 is 14.8 Å². The Balaban J connectivity index is 1.37. The fourth-order valence-electron chi connectivity index (χ4n) is 4.11. The predicted molar refractivity (Wildman–Crippen MR) is 127 cm³/mol. The summed E-state index contributed by atoms with van der Waals surface area (Å²) in [4.78, 5) is 30.5. The van der Waals surface area contributed by atoms with Gasteiger partial charge in [0, 0.05) is 31.7 Å². The monoisotopic (exact) mass is 486 g/mol. The summed E-state index contributed by atoms with van der Waals surface area (Å²) >= 11 is 1.26. The molecule has 1 saturated heterocycles. The van der Waals surface area contributed by atoms with E-state index >= 15 is 0 Å². The Morgan fingerprint density at radius 2 is 2.18 bits per heavy atom.